The van der Waals surface area contributed by atoms with E-state index in [0.717, 1.165) is 36.7 Å². The van der Waals surface area contributed by atoms with Crippen LogP contribution in [0.5, 0.6) is 0 Å². The average molecular weight is 416 g/mol. The fraction of sp³-hybridized carbons (Fsp3) is 0.611. The van der Waals surface area contributed by atoms with Crippen LogP contribution in [-0.2, 0) is 17.5 Å². The summed E-state index contributed by atoms with van der Waals surface area (Å²) >= 11 is 5.78. The Morgan fingerprint density at radius 1 is 1.21 bits per heavy atom. The van der Waals surface area contributed by atoms with Crippen LogP contribution < -0.4 is 0 Å². The molecule has 0 bridgehead atoms. The van der Waals surface area contributed by atoms with Crippen LogP contribution in [0.2, 0.25) is 5.02 Å². The lowest BCUT2D eigenvalue weighted by Crippen LogP contribution is -2.37. The van der Waals surface area contributed by atoms with E-state index in [2.05, 4.69) is 20.4 Å². The van der Waals surface area contributed by atoms with E-state index >= 15 is 0 Å². The van der Waals surface area contributed by atoms with Crippen molar-refractivity contribution in [3.8, 4) is 5.69 Å². The normalized spacial score (nSPS) is 20.6. The molecule has 1 aromatic heterocycles. The highest BCUT2D eigenvalue weighted by molar-refractivity contribution is 6.30. The van der Waals surface area contributed by atoms with E-state index in [4.69, 9.17) is 16.3 Å². The number of hydrogen-bond donors (Lipinski definition) is 0. The standard InChI is InChI=1S/C18H21ClF3N5O/c19-13-3-4-15(14(9-13)18(20,21)22)27-16(23-24-25-27)10-26-7-8-28-12-17(11-26)5-1-2-6-17/h3-4,9H,1-2,5-8,10-12H2. The number of tetrazole rings is 1. The predicted molar refractivity (Wildman–Crippen MR) is 96.2 cm³/mol. The number of aromatic nitrogens is 4. The Kier molecular flexibility index (Phi) is 5.32. The van der Waals surface area contributed by atoms with Crippen molar-refractivity contribution in [2.24, 2.45) is 5.41 Å². The summed E-state index contributed by atoms with van der Waals surface area (Å²) in [5.41, 5.74) is -0.856. The first-order valence-corrected chi connectivity index (χ1v) is 9.69. The van der Waals surface area contributed by atoms with Gasteiger partial charge in [-0.3, -0.25) is 4.90 Å². The predicted octanol–water partition coefficient (Wildman–Crippen LogP) is 3.73. The van der Waals surface area contributed by atoms with Gasteiger partial charge in [0.1, 0.15) is 0 Å². The van der Waals surface area contributed by atoms with E-state index in [1.807, 2.05) is 0 Å². The highest BCUT2D eigenvalue weighted by Gasteiger charge is 2.38. The first-order valence-electron chi connectivity index (χ1n) is 9.31. The molecule has 10 heteroatoms. The van der Waals surface area contributed by atoms with Gasteiger partial charge in [-0.15, -0.1) is 5.10 Å². The third-order valence-corrected chi connectivity index (χ3v) is 5.81. The van der Waals surface area contributed by atoms with Gasteiger partial charge >= 0.3 is 6.18 Å². The van der Waals surface area contributed by atoms with Crippen molar-refractivity contribution in [3.05, 3.63) is 34.6 Å². The number of hydrogen-bond acceptors (Lipinski definition) is 5. The number of rotatable bonds is 3. The number of ether oxygens (including phenoxy) is 1. The zero-order chi connectivity index (χ0) is 19.8. The zero-order valence-corrected chi connectivity index (χ0v) is 16.0. The molecule has 1 saturated heterocycles. The smallest absolute Gasteiger partial charge is 0.379 e. The molecule has 2 heterocycles. The van der Waals surface area contributed by atoms with Gasteiger partial charge in [0.05, 0.1) is 31.0 Å². The Morgan fingerprint density at radius 2 is 2.00 bits per heavy atom. The third-order valence-electron chi connectivity index (χ3n) is 5.57. The lowest BCUT2D eigenvalue weighted by molar-refractivity contribution is -0.137. The van der Waals surface area contributed by atoms with Gasteiger partial charge in [0.2, 0.25) is 0 Å². The van der Waals surface area contributed by atoms with Crippen LogP contribution in [0.4, 0.5) is 13.2 Å². The van der Waals surface area contributed by atoms with Crippen LogP contribution in [-0.4, -0.2) is 51.4 Å². The van der Waals surface area contributed by atoms with Gasteiger partial charge in [-0.1, -0.05) is 24.4 Å². The van der Waals surface area contributed by atoms with E-state index in [1.165, 1.54) is 25.0 Å². The number of halogens is 4. The third kappa shape index (κ3) is 4.01. The minimum atomic E-state index is -4.56. The topological polar surface area (TPSA) is 56.1 Å². The molecule has 1 saturated carbocycles. The molecular formula is C18H21ClF3N5O. The largest absolute Gasteiger partial charge is 0.418 e. The van der Waals surface area contributed by atoms with E-state index < -0.39 is 11.7 Å². The van der Waals surface area contributed by atoms with Crippen molar-refractivity contribution in [2.45, 2.75) is 38.4 Å². The van der Waals surface area contributed by atoms with Crippen molar-refractivity contribution >= 4 is 11.6 Å². The highest BCUT2D eigenvalue weighted by Crippen LogP contribution is 2.40. The quantitative estimate of drug-likeness (QED) is 0.764. The van der Waals surface area contributed by atoms with Gasteiger partial charge in [-0.25, -0.2) is 0 Å². The summed E-state index contributed by atoms with van der Waals surface area (Å²) in [6.45, 7) is 3.23. The maximum Gasteiger partial charge on any atom is 0.418 e. The summed E-state index contributed by atoms with van der Waals surface area (Å²) in [4.78, 5) is 2.18. The molecule has 1 aromatic carbocycles. The Balaban J connectivity index is 1.62. The van der Waals surface area contributed by atoms with Crippen molar-refractivity contribution in [1.82, 2.24) is 25.1 Å². The molecule has 0 N–H and O–H groups in total. The fourth-order valence-corrected chi connectivity index (χ4v) is 4.43. The molecule has 0 amide bonds. The molecule has 6 nitrogen and oxygen atoms in total. The Bertz CT molecular complexity index is 835. The maximum atomic E-state index is 13.5. The number of benzene rings is 1. The lowest BCUT2D eigenvalue weighted by Gasteiger charge is -2.31. The maximum absolute atomic E-state index is 13.5. The van der Waals surface area contributed by atoms with Crippen molar-refractivity contribution < 1.29 is 17.9 Å². The Labute approximate surface area is 165 Å². The molecule has 1 aliphatic heterocycles. The molecule has 4 rings (SSSR count). The molecule has 1 spiro atoms. The summed E-state index contributed by atoms with van der Waals surface area (Å²) in [5, 5.41) is 11.5. The molecule has 2 aliphatic rings. The lowest BCUT2D eigenvalue weighted by atomic mass is 9.87. The van der Waals surface area contributed by atoms with Gasteiger partial charge < -0.3 is 4.74 Å². The summed E-state index contributed by atoms with van der Waals surface area (Å²) in [5.74, 6) is 0.364. The van der Waals surface area contributed by atoms with Crippen LogP contribution in [0.25, 0.3) is 5.69 Å². The van der Waals surface area contributed by atoms with Crippen LogP contribution in [0.1, 0.15) is 37.1 Å². The molecule has 28 heavy (non-hydrogen) atoms. The second-order valence-electron chi connectivity index (χ2n) is 7.64. The Hall–Kier alpha value is -1.71. The van der Waals surface area contributed by atoms with Crippen LogP contribution >= 0.6 is 11.6 Å². The minimum Gasteiger partial charge on any atom is -0.379 e. The van der Waals surface area contributed by atoms with Crippen molar-refractivity contribution in [2.75, 3.05) is 26.3 Å². The van der Waals surface area contributed by atoms with Gasteiger partial charge in [0.15, 0.2) is 5.82 Å². The van der Waals surface area contributed by atoms with E-state index in [9.17, 15) is 13.2 Å². The van der Waals surface area contributed by atoms with Gasteiger partial charge in [-0.05, 0) is 41.5 Å². The van der Waals surface area contributed by atoms with Gasteiger partial charge in [0.25, 0.3) is 0 Å². The monoisotopic (exact) mass is 415 g/mol. The number of nitrogens with zero attached hydrogens (tertiary/aromatic N) is 5. The summed E-state index contributed by atoms with van der Waals surface area (Å²) < 4.78 is 47.5. The van der Waals surface area contributed by atoms with Crippen LogP contribution in [0, 0.1) is 5.41 Å². The van der Waals surface area contributed by atoms with Crippen molar-refractivity contribution in [3.63, 3.8) is 0 Å². The van der Waals surface area contributed by atoms with E-state index in [1.54, 1.807) is 0 Å². The van der Waals surface area contributed by atoms with Gasteiger partial charge in [0, 0.05) is 23.5 Å². The summed E-state index contributed by atoms with van der Waals surface area (Å²) in [6.07, 6.45) is 0.0464. The minimum absolute atomic E-state index is 0.0125. The molecule has 0 atom stereocenters. The van der Waals surface area contributed by atoms with Crippen molar-refractivity contribution in [1.29, 1.82) is 0 Å². The van der Waals surface area contributed by atoms with Crippen LogP contribution in [0.3, 0.4) is 0 Å². The molecule has 1 aliphatic carbocycles. The first kappa shape index (κ1) is 19.6. The second-order valence-corrected chi connectivity index (χ2v) is 8.07. The number of alkyl halides is 3. The molecule has 2 aromatic rings. The second kappa shape index (κ2) is 7.61. The average Bonchev–Trinajstić information content (AvgIpc) is 3.22. The van der Waals surface area contributed by atoms with Gasteiger partial charge in [-0.2, -0.15) is 17.9 Å². The molecule has 0 radical (unpaired) electrons. The first-order chi connectivity index (χ1) is 13.4. The van der Waals surface area contributed by atoms with Crippen LogP contribution in [0.15, 0.2) is 18.2 Å². The summed E-state index contributed by atoms with van der Waals surface area (Å²) in [6, 6.07) is 3.61. The summed E-state index contributed by atoms with van der Waals surface area (Å²) in [7, 11) is 0. The molecule has 2 fully saturated rings. The zero-order valence-electron chi connectivity index (χ0n) is 15.3. The molecule has 0 unspecified atom stereocenters. The fourth-order valence-electron chi connectivity index (χ4n) is 4.26. The van der Waals surface area contributed by atoms with E-state index in [-0.39, 0.29) is 16.1 Å². The SMILES string of the molecule is FC(F)(F)c1cc(Cl)ccc1-n1nnnc1CN1CCOCC2(CCCC2)C1. The van der Waals surface area contributed by atoms with E-state index in [0.29, 0.717) is 25.5 Å². The highest BCUT2D eigenvalue weighted by atomic mass is 35.5. The molecule has 152 valence electrons. The molecular weight excluding hydrogens is 395 g/mol. The Morgan fingerprint density at radius 3 is 2.75 bits per heavy atom.